The van der Waals surface area contributed by atoms with Gasteiger partial charge in [-0.05, 0) is 19.4 Å². The molecule has 0 radical (unpaired) electrons. The second-order valence-corrected chi connectivity index (χ2v) is 8.44. The summed E-state index contributed by atoms with van der Waals surface area (Å²) in [4.78, 5) is 16.5. The number of sulfone groups is 1. The van der Waals surface area contributed by atoms with E-state index in [1.807, 2.05) is 67.6 Å². The number of ketones is 1. The summed E-state index contributed by atoms with van der Waals surface area (Å²) in [6.07, 6.45) is 3.57. The van der Waals surface area contributed by atoms with Crippen molar-refractivity contribution in [1.29, 1.82) is 0 Å². The summed E-state index contributed by atoms with van der Waals surface area (Å²) in [6.45, 7) is 3.22. The summed E-state index contributed by atoms with van der Waals surface area (Å²) in [5.41, 5.74) is 1.87. The van der Waals surface area contributed by atoms with Crippen LogP contribution in [0.2, 0.25) is 0 Å². The van der Waals surface area contributed by atoms with Crippen molar-refractivity contribution in [2.45, 2.75) is 30.7 Å². The van der Waals surface area contributed by atoms with Gasteiger partial charge >= 0.3 is 5.22 Å². The molecule has 0 saturated carbocycles. The van der Waals surface area contributed by atoms with Crippen molar-refractivity contribution in [2.75, 3.05) is 0 Å². The normalized spacial score (nSPS) is 12.9. The van der Waals surface area contributed by atoms with Gasteiger partial charge in [0.1, 0.15) is 10.9 Å². The summed E-state index contributed by atoms with van der Waals surface area (Å²) >= 11 is 0. The highest BCUT2D eigenvalue weighted by Gasteiger charge is 2.34. The SMILES string of the molecule is CC/C=C/C(=O)C(C)S(=O)(=O)c1nc(-c2ccccc2)c(-c2ccccc2)o1. The molecule has 0 saturated heterocycles. The lowest BCUT2D eigenvalue weighted by molar-refractivity contribution is -0.114. The molecule has 1 aromatic heterocycles. The molecule has 0 N–H and O–H groups in total. The maximum Gasteiger partial charge on any atom is 0.316 e. The number of aromatic nitrogens is 1. The van der Waals surface area contributed by atoms with Crippen molar-refractivity contribution in [1.82, 2.24) is 4.98 Å². The number of nitrogens with zero attached hydrogens (tertiary/aromatic N) is 1. The molecule has 1 atom stereocenters. The Morgan fingerprint density at radius 2 is 1.61 bits per heavy atom. The number of carbonyl (C=O) groups excluding carboxylic acids is 1. The van der Waals surface area contributed by atoms with E-state index in [1.165, 1.54) is 13.0 Å². The van der Waals surface area contributed by atoms with Crippen LogP contribution in [-0.4, -0.2) is 24.4 Å². The Balaban J connectivity index is 2.12. The van der Waals surface area contributed by atoms with E-state index < -0.39 is 26.1 Å². The van der Waals surface area contributed by atoms with Crippen LogP contribution >= 0.6 is 0 Å². The number of carbonyl (C=O) groups is 1. The molecule has 0 amide bonds. The van der Waals surface area contributed by atoms with Crippen LogP contribution in [0.1, 0.15) is 20.3 Å². The Morgan fingerprint density at radius 3 is 2.18 bits per heavy atom. The maximum atomic E-state index is 13.0. The van der Waals surface area contributed by atoms with E-state index in [2.05, 4.69) is 4.98 Å². The summed E-state index contributed by atoms with van der Waals surface area (Å²) < 4.78 is 31.6. The van der Waals surface area contributed by atoms with Gasteiger partial charge in [-0.1, -0.05) is 73.7 Å². The Kier molecular flexibility index (Phi) is 5.90. The molecular formula is C22H21NO4S. The van der Waals surface area contributed by atoms with Crippen LogP contribution in [0.3, 0.4) is 0 Å². The zero-order chi connectivity index (χ0) is 20.1. The van der Waals surface area contributed by atoms with E-state index in [0.29, 0.717) is 23.4 Å². The highest BCUT2D eigenvalue weighted by molar-refractivity contribution is 7.92. The molecule has 3 rings (SSSR count). The minimum absolute atomic E-state index is 0.356. The molecular weight excluding hydrogens is 374 g/mol. The summed E-state index contributed by atoms with van der Waals surface area (Å²) in [6, 6.07) is 18.4. The molecule has 5 nitrogen and oxygen atoms in total. The molecule has 0 bridgehead atoms. The first-order valence-electron chi connectivity index (χ1n) is 9.01. The molecule has 0 aliphatic heterocycles. The van der Waals surface area contributed by atoms with Crippen LogP contribution in [0.15, 0.2) is 82.5 Å². The first-order chi connectivity index (χ1) is 13.4. The molecule has 0 fully saturated rings. The molecule has 2 aromatic carbocycles. The lowest BCUT2D eigenvalue weighted by Crippen LogP contribution is -2.26. The number of allylic oxidation sites excluding steroid dienone is 2. The van der Waals surface area contributed by atoms with E-state index in [0.717, 1.165) is 5.56 Å². The number of hydrogen-bond donors (Lipinski definition) is 0. The average molecular weight is 395 g/mol. The fraction of sp³-hybridized carbons (Fsp3) is 0.182. The first-order valence-corrected chi connectivity index (χ1v) is 10.6. The highest BCUT2D eigenvalue weighted by atomic mass is 32.2. The third-order valence-electron chi connectivity index (χ3n) is 4.32. The van der Waals surface area contributed by atoms with Gasteiger partial charge in [-0.3, -0.25) is 4.79 Å². The number of hydrogen-bond acceptors (Lipinski definition) is 5. The van der Waals surface area contributed by atoms with E-state index in [-0.39, 0.29) is 0 Å². The van der Waals surface area contributed by atoms with Crippen LogP contribution in [0.5, 0.6) is 0 Å². The minimum Gasteiger partial charge on any atom is -0.427 e. The largest absolute Gasteiger partial charge is 0.427 e. The lowest BCUT2D eigenvalue weighted by atomic mass is 10.1. The quantitative estimate of drug-likeness (QED) is 0.542. The zero-order valence-corrected chi connectivity index (χ0v) is 16.5. The second kappa shape index (κ2) is 8.35. The summed E-state index contributed by atoms with van der Waals surface area (Å²) in [5, 5.41) is -1.72. The smallest absolute Gasteiger partial charge is 0.316 e. The Bertz CT molecular complexity index is 1030. The van der Waals surface area contributed by atoms with Gasteiger partial charge in [0, 0.05) is 11.1 Å². The summed E-state index contributed by atoms with van der Waals surface area (Å²) in [7, 11) is -4.06. The van der Waals surface area contributed by atoms with E-state index in [9.17, 15) is 13.2 Å². The molecule has 144 valence electrons. The van der Waals surface area contributed by atoms with Gasteiger partial charge in [-0.25, -0.2) is 8.42 Å². The zero-order valence-electron chi connectivity index (χ0n) is 15.7. The van der Waals surface area contributed by atoms with Crippen LogP contribution in [0.4, 0.5) is 0 Å². The van der Waals surface area contributed by atoms with Crippen LogP contribution in [0, 0.1) is 0 Å². The fourth-order valence-electron chi connectivity index (χ4n) is 2.67. The van der Waals surface area contributed by atoms with E-state index >= 15 is 0 Å². The molecule has 1 heterocycles. The molecule has 6 heteroatoms. The van der Waals surface area contributed by atoms with Crippen molar-refractivity contribution in [3.8, 4) is 22.6 Å². The minimum atomic E-state index is -4.06. The van der Waals surface area contributed by atoms with Gasteiger partial charge in [0.15, 0.2) is 11.5 Å². The van der Waals surface area contributed by atoms with Crippen molar-refractivity contribution in [3.63, 3.8) is 0 Å². The third kappa shape index (κ3) is 3.97. The van der Waals surface area contributed by atoms with Crippen molar-refractivity contribution in [2.24, 2.45) is 0 Å². The Labute approximate surface area is 164 Å². The van der Waals surface area contributed by atoms with Crippen LogP contribution in [0.25, 0.3) is 22.6 Å². The summed E-state index contributed by atoms with van der Waals surface area (Å²) in [5.74, 6) is -0.142. The van der Waals surface area contributed by atoms with Gasteiger partial charge < -0.3 is 4.42 Å². The maximum absolute atomic E-state index is 13.0. The lowest BCUT2D eigenvalue weighted by Gasteiger charge is -2.06. The standard InChI is InChI=1S/C22H21NO4S/c1-3-4-15-19(24)16(2)28(25,26)22-23-20(17-11-7-5-8-12-17)21(27-22)18-13-9-6-10-14-18/h4-16H,3H2,1-2H3/b15-4+. The number of oxazole rings is 1. The molecule has 3 aromatic rings. The van der Waals surface area contributed by atoms with E-state index in [4.69, 9.17) is 4.42 Å². The van der Waals surface area contributed by atoms with Gasteiger partial charge in [-0.2, -0.15) is 4.98 Å². The molecule has 28 heavy (non-hydrogen) atoms. The molecule has 0 aliphatic rings. The topological polar surface area (TPSA) is 77.2 Å². The van der Waals surface area contributed by atoms with Gasteiger partial charge in [0.2, 0.25) is 9.84 Å². The predicted molar refractivity (Wildman–Crippen MR) is 108 cm³/mol. The second-order valence-electron chi connectivity index (χ2n) is 6.29. The molecule has 0 spiro atoms. The fourth-order valence-corrected chi connectivity index (χ4v) is 3.78. The highest BCUT2D eigenvalue weighted by Crippen LogP contribution is 2.34. The predicted octanol–water partition coefficient (Wildman–Crippen LogP) is 4.71. The van der Waals surface area contributed by atoms with E-state index in [1.54, 1.807) is 6.08 Å². The van der Waals surface area contributed by atoms with Gasteiger partial charge in [0.05, 0.1) is 0 Å². The van der Waals surface area contributed by atoms with Crippen molar-refractivity contribution < 1.29 is 17.6 Å². The van der Waals surface area contributed by atoms with Gasteiger partial charge in [-0.15, -0.1) is 0 Å². The van der Waals surface area contributed by atoms with Gasteiger partial charge in [0.25, 0.3) is 0 Å². The Hall–Kier alpha value is -2.99. The number of rotatable bonds is 7. The molecule has 0 aliphatic carbocycles. The van der Waals surface area contributed by atoms with Crippen molar-refractivity contribution >= 4 is 15.6 Å². The monoisotopic (exact) mass is 395 g/mol. The van der Waals surface area contributed by atoms with Crippen LogP contribution < -0.4 is 0 Å². The van der Waals surface area contributed by atoms with Crippen molar-refractivity contribution in [3.05, 3.63) is 72.8 Å². The van der Waals surface area contributed by atoms with Crippen LogP contribution in [-0.2, 0) is 14.6 Å². The molecule has 1 unspecified atom stereocenters. The third-order valence-corrected chi connectivity index (χ3v) is 6.14. The first kappa shape index (κ1) is 19.8. The average Bonchev–Trinajstić information content (AvgIpc) is 3.19. The number of benzene rings is 2. The Morgan fingerprint density at radius 1 is 1.04 bits per heavy atom.